The fourth-order valence-corrected chi connectivity index (χ4v) is 3.51. The lowest BCUT2D eigenvalue weighted by Crippen LogP contribution is -2.36. The van der Waals surface area contributed by atoms with Crippen molar-refractivity contribution in [2.75, 3.05) is 0 Å². The Kier molecular flexibility index (Phi) is 4.03. The predicted octanol–water partition coefficient (Wildman–Crippen LogP) is 3.33. The van der Waals surface area contributed by atoms with E-state index in [0.29, 0.717) is 23.8 Å². The highest BCUT2D eigenvalue weighted by molar-refractivity contribution is 5.85. The van der Waals surface area contributed by atoms with Crippen LogP contribution in [0.5, 0.6) is 0 Å². The van der Waals surface area contributed by atoms with Gasteiger partial charge in [-0.05, 0) is 23.8 Å². The van der Waals surface area contributed by atoms with Crippen LogP contribution >= 0.6 is 0 Å². The Labute approximate surface area is 127 Å². The first-order valence-electron chi connectivity index (χ1n) is 8.30. The molecule has 21 heavy (non-hydrogen) atoms. The molecule has 1 N–H and O–H groups in total. The summed E-state index contributed by atoms with van der Waals surface area (Å²) in [6, 6.07) is 10.8. The zero-order valence-corrected chi connectivity index (χ0v) is 13.3. The van der Waals surface area contributed by atoms with Crippen LogP contribution in [0.4, 0.5) is 0 Å². The molecule has 3 heteroatoms. The lowest BCUT2D eigenvalue weighted by molar-refractivity contribution is -0.131. The number of rotatable bonds is 5. The van der Waals surface area contributed by atoms with E-state index in [4.69, 9.17) is 0 Å². The molecule has 0 bridgehead atoms. The minimum atomic E-state index is -0.0293. The van der Waals surface area contributed by atoms with E-state index in [1.165, 1.54) is 18.4 Å². The van der Waals surface area contributed by atoms with Crippen molar-refractivity contribution in [3.05, 3.63) is 35.9 Å². The molecule has 0 radical (unpaired) electrons. The van der Waals surface area contributed by atoms with Gasteiger partial charge in [0.15, 0.2) is 0 Å². The number of nitrogens with one attached hydrogen (secondary N) is 1. The van der Waals surface area contributed by atoms with E-state index in [1.807, 2.05) is 6.07 Å². The van der Waals surface area contributed by atoms with E-state index >= 15 is 0 Å². The van der Waals surface area contributed by atoms with E-state index in [1.54, 1.807) is 0 Å². The van der Waals surface area contributed by atoms with Crippen molar-refractivity contribution in [3.63, 3.8) is 0 Å². The summed E-state index contributed by atoms with van der Waals surface area (Å²) in [6.07, 6.45) is 3.42. The average molecular weight is 286 g/mol. The van der Waals surface area contributed by atoms with E-state index in [9.17, 15) is 4.79 Å². The molecule has 3 rings (SSSR count). The Bertz CT molecular complexity index is 501. The summed E-state index contributed by atoms with van der Waals surface area (Å²) in [4.78, 5) is 15.0. The molecule has 1 saturated carbocycles. The van der Waals surface area contributed by atoms with Gasteiger partial charge in [-0.15, -0.1) is 0 Å². The molecule has 0 spiro atoms. The van der Waals surface area contributed by atoms with E-state index in [0.717, 1.165) is 6.42 Å². The van der Waals surface area contributed by atoms with Crippen molar-refractivity contribution >= 4 is 5.91 Å². The highest BCUT2D eigenvalue weighted by atomic mass is 16.2. The molecule has 0 aromatic heterocycles. The first-order chi connectivity index (χ1) is 10.2. The van der Waals surface area contributed by atoms with Crippen LogP contribution < -0.4 is 5.32 Å². The molecule has 114 valence electrons. The molecule has 1 aromatic carbocycles. The molecule has 1 amide bonds. The molecule has 5 unspecified atom stereocenters. The second kappa shape index (κ2) is 5.80. The lowest BCUT2D eigenvalue weighted by Gasteiger charge is -2.25. The maximum atomic E-state index is 12.9. The molecule has 3 nitrogen and oxygen atoms in total. The number of benzene rings is 1. The summed E-state index contributed by atoms with van der Waals surface area (Å²) in [5, 5.41) is 3.60. The summed E-state index contributed by atoms with van der Waals surface area (Å²) in [5.41, 5.74) is 1.21. The van der Waals surface area contributed by atoms with Gasteiger partial charge in [0.05, 0.1) is 6.04 Å². The predicted molar refractivity (Wildman–Crippen MR) is 84.6 cm³/mol. The Hall–Kier alpha value is -1.35. The topological polar surface area (TPSA) is 32.3 Å². The third-order valence-electron chi connectivity index (χ3n) is 5.23. The van der Waals surface area contributed by atoms with Crippen LogP contribution in [0.3, 0.4) is 0 Å². The number of hydrogen-bond acceptors (Lipinski definition) is 2. The Morgan fingerprint density at radius 2 is 2.00 bits per heavy atom. The number of amides is 1. The first-order valence-corrected chi connectivity index (χ1v) is 8.30. The SMILES string of the molecule is CCC(C)C1NC(c2ccccc2)N(C2CC2CC)C1=O. The molecular formula is C18H26N2O. The van der Waals surface area contributed by atoms with Crippen molar-refractivity contribution < 1.29 is 4.79 Å². The van der Waals surface area contributed by atoms with Gasteiger partial charge in [0, 0.05) is 6.04 Å². The average Bonchev–Trinajstić information content (AvgIpc) is 3.22. The molecule has 1 saturated heterocycles. The van der Waals surface area contributed by atoms with Crippen LogP contribution in [0, 0.1) is 11.8 Å². The zero-order chi connectivity index (χ0) is 15.0. The molecule has 2 aliphatic rings. The van der Waals surface area contributed by atoms with Crippen molar-refractivity contribution in [2.45, 2.75) is 58.3 Å². The second-order valence-electron chi connectivity index (χ2n) is 6.56. The Balaban J connectivity index is 1.87. The van der Waals surface area contributed by atoms with Gasteiger partial charge >= 0.3 is 0 Å². The number of carbonyl (C=O) groups is 1. The maximum absolute atomic E-state index is 12.9. The van der Waals surface area contributed by atoms with E-state index < -0.39 is 0 Å². The molecule has 5 atom stereocenters. The molecule has 1 aromatic rings. The standard InChI is InChI=1S/C18H26N2O/c1-4-12(3)16-18(21)20(15-11-13(15)5-2)17(19-16)14-9-7-6-8-10-14/h6-10,12-13,15-17,19H,4-5,11H2,1-3H3. The van der Waals surface area contributed by atoms with Crippen LogP contribution in [0.2, 0.25) is 0 Å². The normalized spacial score (nSPS) is 33.3. The summed E-state index contributed by atoms with van der Waals surface area (Å²) >= 11 is 0. The number of nitrogens with zero attached hydrogens (tertiary/aromatic N) is 1. The monoisotopic (exact) mass is 286 g/mol. The number of carbonyl (C=O) groups excluding carboxylic acids is 1. The molecule has 1 aliphatic carbocycles. The van der Waals surface area contributed by atoms with Gasteiger partial charge in [0.25, 0.3) is 0 Å². The zero-order valence-electron chi connectivity index (χ0n) is 13.3. The van der Waals surface area contributed by atoms with Crippen molar-refractivity contribution in [1.29, 1.82) is 0 Å². The van der Waals surface area contributed by atoms with Gasteiger partial charge < -0.3 is 4.90 Å². The second-order valence-corrected chi connectivity index (χ2v) is 6.56. The van der Waals surface area contributed by atoms with Crippen LogP contribution in [-0.2, 0) is 4.79 Å². The van der Waals surface area contributed by atoms with E-state index in [2.05, 4.69) is 55.3 Å². The molecule has 1 aliphatic heterocycles. The first kappa shape index (κ1) is 14.6. The van der Waals surface area contributed by atoms with Crippen LogP contribution in [-0.4, -0.2) is 22.9 Å². The van der Waals surface area contributed by atoms with Crippen LogP contribution in [0.15, 0.2) is 30.3 Å². The van der Waals surface area contributed by atoms with Crippen molar-refractivity contribution in [3.8, 4) is 0 Å². The van der Waals surface area contributed by atoms with Gasteiger partial charge in [-0.3, -0.25) is 10.1 Å². The van der Waals surface area contributed by atoms with Crippen LogP contribution in [0.1, 0.15) is 51.8 Å². The van der Waals surface area contributed by atoms with Gasteiger partial charge in [-0.1, -0.05) is 63.9 Å². The fraction of sp³-hybridized carbons (Fsp3) is 0.611. The lowest BCUT2D eigenvalue weighted by atomic mass is 9.99. The summed E-state index contributed by atoms with van der Waals surface area (Å²) in [5.74, 6) is 1.38. The van der Waals surface area contributed by atoms with Crippen molar-refractivity contribution in [2.24, 2.45) is 11.8 Å². The summed E-state index contributed by atoms with van der Waals surface area (Å²) < 4.78 is 0. The molecular weight excluding hydrogens is 260 g/mol. The van der Waals surface area contributed by atoms with Gasteiger partial charge in [0.2, 0.25) is 5.91 Å². The minimum Gasteiger partial charge on any atom is -0.318 e. The van der Waals surface area contributed by atoms with Gasteiger partial charge in [-0.2, -0.15) is 0 Å². The quantitative estimate of drug-likeness (QED) is 0.900. The molecule has 1 heterocycles. The minimum absolute atomic E-state index is 0.0293. The Morgan fingerprint density at radius 3 is 2.57 bits per heavy atom. The van der Waals surface area contributed by atoms with Crippen molar-refractivity contribution in [1.82, 2.24) is 10.2 Å². The summed E-state index contributed by atoms with van der Waals surface area (Å²) in [7, 11) is 0. The maximum Gasteiger partial charge on any atom is 0.241 e. The number of hydrogen-bond donors (Lipinski definition) is 1. The third-order valence-corrected chi connectivity index (χ3v) is 5.23. The molecule has 2 fully saturated rings. The summed E-state index contributed by atoms with van der Waals surface area (Å²) in [6.45, 7) is 6.55. The van der Waals surface area contributed by atoms with Gasteiger partial charge in [-0.25, -0.2) is 0 Å². The van der Waals surface area contributed by atoms with Gasteiger partial charge in [0.1, 0.15) is 6.17 Å². The highest BCUT2D eigenvalue weighted by Gasteiger charge is 2.51. The Morgan fingerprint density at radius 1 is 1.29 bits per heavy atom. The highest BCUT2D eigenvalue weighted by Crippen LogP contribution is 2.44. The third kappa shape index (κ3) is 2.59. The van der Waals surface area contributed by atoms with E-state index in [-0.39, 0.29) is 12.2 Å². The smallest absolute Gasteiger partial charge is 0.241 e. The van der Waals surface area contributed by atoms with Crippen LogP contribution in [0.25, 0.3) is 0 Å². The largest absolute Gasteiger partial charge is 0.318 e. The fourth-order valence-electron chi connectivity index (χ4n) is 3.51.